The quantitative estimate of drug-likeness (QED) is 0.155. The molecule has 4 aromatic rings. The van der Waals surface area contributed by atoms with E-state index in [1.165, 1.54) is 11.1 Å². The lowest BCUT2D eigenvalue weighted by molar-refractivity contribution is -0.115. The molecule has 0 bridgehead atoms. The van der Waals surface area contributed by atoms with Gasteiger partial charge in [-0.15, -0.1) is 0 Å². The van der Waals surface area contributed by atoms with Gasteiger partial charge in [0, 0.05) is 17.3 Å². The fourth-order valence-electron chi connectivity index (χ4n) is 5.74. The summed E-state index contributed by atoms with van der Waals surface area (Å²) in [5.74, 6) is 1.46. The number of hydrogen-bond donors (Lipinski definition) is 4. The van der Waals surface area contributed by atoms with Gasteiger partial charge in [0.05, 0.1) is 19.2 Å². The second-order valence-electron chi connectivity index (χ2n) is 11.0. The van der Waals surface area contributed by atoms with Crippen molar-refractivity contribution in [3.05, 3.63) is 125 Å². The zero-order valence-electron chi connectivity index (χ0n) is 24.1. The van der Waals surface area contributed by atoms with E-state index in [1.54, 1.807) is 13.2 Å². The van der Waals surface area contributed by atoms with Crippen LogP contribution in [0.1, 0.15) is 34.2 Å². The number of phenolic OH excluding ortho intramolecular Hbond substituents is 1. The third kappa shape index (κ3) is 7.59. The molecule has 0 saturated heterocycles. The van der Waals surface area contributed by atoms with E-state index in [2.05, 4.69) is 47.0 Å². The van der Waals surface area contributed by atoms with E-state index in [0.717, 1.165) is 54.7 Å². The molecule has 2 unspecified atom stereocenters. The van der Waals surface area contributed by atoms with Gasteiger partial charge < -0.3 is 26.2 Å². The molecule has 5 N–H and O–H groups in total. The van der Waals surface area contributed by atoms with Crippen molar-refractivity contribution in [2.24, 2.45) is 5.92 Å². The molecule has 0 fully saturated rings. The van der Waals surface area contributed by atoms with E-state index in [4.69, 9.17) is 10.5 Å². The Morgan fingerprint density at radius 3 is 2.52 bits per heavy atom. The van der Waals surface area contributed by atoms with Crippen LogP contribution in [0.5, 0.6) is 11.5 Å². The lowest BCUT2D eigenvalue weighted by Crippen LogP contribution is -2.31. The summed E-state index contributed by atoms with van der Waals surface area (Å²) in [6, 6.07) is 29.5. The highest BCUT2D eigenvalue weighted by Crippen LogP contribution is 2.35. The normalized spacial score (nSPS) is 14.9. The van der Waals surface area contributed by atoms with Gasteiger partial charge in [0.2, 0.25) is 5.91 Å². The van der Waals surface area contributed by atoms with Crippen LogP contribution in [-0.2, 0) is 30.5 Å². The first-order chi connectivity index (χ1) is 20.5. The van der Waals surface area contributed by atoms with Crippen LogP contribution in [-0.4, -0.2) is 30.7 Å². The van der Waals surface area contributed by atoms with Crippen LogP contribution < -0.4 is 21.1 Å². The number of hydrogen-bond acceptors (Lipinski definition) is 5. The standard InChI is InChI=1S/C36H39N3O3/c1-42-30-16-13-26(14-17-30)24-36(41)39-34-11-6-10-33(37)31(34)18-15-29(38-20-19-25-7-3-2-4-8-25)22-27-21-28-9-5-12-35(40)32(28)23-27/h2-18,27,29,38,40H,19-24,37H2,1H3,(H,39,41)/b18-15+. The first-order valence-electron chi connectivity index (χ1n) is 14.5. The number of rotatable bonds is 12. The van der Waals surface area contributed by atoms with Gasteiger partial charge in [-0.1, -0.05) is 72.8 Å². The molecule has 1 aliphatic rings. The molecule has 2 atom stereocenters. The molecule has 4 aromatic carbocycles. The molecule has 0 heterocycles. The molecule has 0 spiro atoms. The first-order valence-corrected chi connectivity index (χ1v) is 14.5. The van der Waals surface area contributed by atoms with Gasteiger partial charge in [-0.2, -0.15) is 0 Å². The first kappa shape index (κ1) is 29.0. The number of carbonyl (C=O) groups is 1. The van der Waals surface area contributed by atoms with Crippen LogP contribution >= 0.6 is 0 Å². The van der Waals surface area contributed by atoms with Gasteiger partial charge in [0.25, 0.3) is 0 Å². The maximum Gasteiger partial charge on any atom is 0.228 e. The monoisotopic (exact) mass is 561 g/mol. The van der Waals surface area contributed by atoms with Gasteiger partial charge in [-0.3, -0.25) is 4.79 Å². The highest BCUT2D eigenvalue weighted by Gasteiger charge is 2.25. The van der Waals surface area contributed by atoms with Gasteiger partial charge in [-0.25, -0.2) is 0 Å². The number of ether oxygens (including phenoxy) is 1. The molecule has 42 heavy (non-hydrogen) atoms. The van der Waals surface area contributed by atoms with Crippen LogP contribution in [0.25, 0.3) is 6.08 Å². The van der Waals surface area contributed by atoms with Crippen molar-refractivity contribution >= 4 is 23.4 Å². The Hall–Kier alpha value is -4.55. The van der Waals surface area contributed by atoms with E-state index in [0.29, 0.717) is 23.0 Å². The van der Waals surface area contributed by atoms with Crippen molar-refractivity contribution in [1.82, 2.24) is 5.32 Å². The Labute approximate surface area is 248 Å². The zero-order valence-corrected chi connectivity index (χ0v) is 24.1. The minimum absolute atomic E-state index is 0.0950. The molecule has 0 aromatic heterocycles. The van der Waals surface area contributed by atoms with Crippen molar-refractivity contribution in [3.63, 3.8) is 0 Å². The summed E-state index contributed by atoms with van der Waals surface area (Å²) in [6.45, 7) is 0.833. The van der Waals surface area contributed by atoms with Crippen LogP contribution in [0.15, 0.2) is 97.1 Å². The minimum Gasteiger partial charge on any atom is -0.508 e. The van der Waals surface area contributed by atoms with Gasteiger partial charge in [0.1, 0.15) is 11.5 Å². The topological polar surface area (TPSA) is 96.6 Å². The summed E-state index contributed by atoms with van der Waals surface area (Å²) in [4.78, 5) is 12.9. The number of nitrogens with two attached hydrogens (primary N) is 1. The van der Waals surface area contributed by atoms with Crippen molar-refractivity contribution in [2.45, 2.75) is 38.1 Å². The predicted octanol–water partition coefficient (Wildman–Crippen LogP) is 6.18. The van der Waals surface area contributed by atoms with E-state index in [1.807, 2.05) is 60.7 Å². The van der Waals surface area contributed by atoms with Crippen molar-refractivity contribution < 1.29 is 14.6 Å². The SMILES string of the molecule is COc1ccc(CC(=O)Nc2cccc(N)c2/C=C/C(CC2Cc3cccc(O)c3C2)NCCc2ccccc2)cc1. The molecule has 0 radical (unpaired) electrons. The summed E-state index contributed by atoms with van der Waals surface area (Å²) in [5, 5.41) is 17.2. The number of carbonyl (C=O) groups excluding carboxylic acids is 1. The number of amides is 1. The van der Waals surface area contributed by atoms with Gasteiger partial charge >= 0.3 is 0 Å². The number of anilines is 2. The smallest absolute Gasteiger partial charge is 0.228 e. The van der Waals surface area contributed by atoms with Crippen LogP contribution in [0.3, 0.4) is 0 Å². The molecule has 1 aliphatic carbocycles. The van der Waals surface area contributed by atoms with Crippen molar-refractivity contribution in [3.8, 4) is 11.5 Å². The Bertz CT molecular complexity index is 1520. The summed E-state index contributed by atoms with van der Waals surface area (Å²) in [5.41, 5.74) is 13.0. The van der Waals surface area contributed by atoms with Crippen LogP contribution in [0, 0.1) is 5.92 Å². The number of methoxy groups -OCH3 is 1. The summed E-state index contributed by atoms with van der Waals surface area (Å²) in [6.07, 6.45) is 8.11. The molecule has 5 rings (SSSR count). The number of fused-ring (bicyclic) bond motifs is 1. The number of phenols is 1. The third-order valence-corrected chi connectivity index (χ3v) is 7.93. The van der Waals surface area contributed by atoms with E-state index < -0.39 is 0 Å². The Balaban J connectivity index is 1.29. The zero-order chi connectivity index (χ0) is 29.3. The van der Waals surface area contributed by atoms with E-state index in [9.17, 15) is 9.90 Å². The second kappa shape index (κ2) is 13.9. The molecular weight excluding hydrogens is 522 g/mol. The molecular formula is C36H39N3O3. The van der Waals surface area contributed by atoms with E-state index >= 15 is 0 Å². The highest BCUT2D eigenvalue weighted by atomic mass is 16.5. The maximum absolute atomic E-state index is 12.9. The number of nitrogens with one attached hydrogen (secondary N) is 2. The lowest BCUT2D eigenvalue weighted by atomic mass is 9.95. The van der Waals surface area contributed by atoms with Crippen LogP contribution in [0.2, 0.25) is 0 Å². The minimum atomic E-state index is -0.110. The Morgan fingerprint density at radius 1 is 0.976 bits per heavy atom. The lowest BCUT2D eigenvalue weighted by Gasteiger charge is -2.20. The molecule has 0 aliphatic heterocycles. The van der Waals surface area contributed by atoms with Gasteiger partial charge in [0.15, 0.2) is 0 Å². The average Bonchev–Trinajstić information content (AvgIpc) is 3.41. The second-order valence-corrected chi connectivity index (χ2v) is 11.0. The highest BCUT2D eigenvalue weighted by molar-refractivity contribution is 5.95. The Morgan fingerprint density at radius 2 is 1.76 bits per heavy atom. The van der Waals surface area contributed by atoms with E-state index in [-0.39, 0.29) is 18.4 Å². The molecule has 6 heteroatoms. The fourth-order valence-corrected chi connectivity index (χ4v) is 5.74. The fraction of sp³-hybridized carbons (Fsp3) is 0.250. The largest absolute Gasteiger partial charge is 0.508 e. The summed E-state index contributed by atoms with van der Waals surface area (Å²) >= 11 is 0. The Kier molecular flexibility index (Phi) is 9.57. The third-order valence-electron chi connectivity index (χ3n) is 7.93. The molecule has 6 nitrogen and oxygen atoms in total. The molecule has 216 valence electrons. The molecule has 0 saturated carbocycles. The van der Waals surface area contributed by atoms with Crippen molar-refractivity contribution in [1.29, 1.82) is 0 Å². The van der Waals surface area contributed by atoms with Crippen molar-refractivity contribution in [2.75, 3.05) is 24.7 Å². The average molecular weight is 562 g/mol. The predicted molar refractivity (Wildman–Crippen MR) is 171 cm³/mol. The maximum atomic E-state index is 12.9. The summed E-state index contributed by atoms with van der Waals surface area (Å²) < 4.78 is 5.22. The summed E-state index contributed by atoms with van der Waals surface area (Å²) in [7, 11) is 1.62. The van der Waals surface area contributed by atoms with Crippen LogP contribution in [0.4, 0.5) is 11.4 Å². The number of benzene rings is 4. The molecule has 1 amide bonds. The number of nitrogen functional groups attached to an aromatic ring is 1. The van der Waals surface area contributed by atoms with Gasteiger partial charge in [-0.05, 0) is 90.7 Å². The number of aromatic hydroxyl groups is 1.